The van der Waals surface area contributed by atoms with Crippen LogP contribution in [-0.4, -0.2) is 42.4 Å². The van der Waals surface area contributed by atoms with Gasteiger partial charge in [0.25, 0.3) is 0 Å². The first-order valence-corrected chi connectivity index (χ1v) is 7.85. The van der Waals surface area contributed by atoms with Crippen molar-refractivity contribution in [1.82, 2.24) is 10.2 Å². The molecule has 4 aliphatic rings. The molecule has 3 heteroatoms. The van der Waals surface area contributed by atoms with Crippen LogP contribution in [0.4, 0.5) is 0 Å². The van der Waals surface area contributed by atoms with Crippen molar-refractivity contribution >= 4 is 5.78 Å². The zero-order chi connectivity index (χ0) is 12.1. The lowest BCUT2D eigenvalue weighted by molar-refractivity contribution is -0.139. The summed E-state index contributed by atoms with van der Waals surface area (Å²) in [5, 5.41) is 3.73. The van der Waals surface area contributed by atoms with Crippen LogP contribution in [0.1, 0.15) is 38.5 Å². The maximum Gasteiger partial charge on any atom is 0.150 e. The molecule has 3 nitrogen and oxygen atoms in total. The molecule has 4 rings (SSSR count). The number of ketones is 1. The quantitative estimate of drug-likeness (QED) is 0.704. The molecule has 0 aromatic rings. The van der Waals surface area contributed by atoms with Crippen LogP contribution in [0, 0.1) is 17.8 Å². The van der Waals surface area contributed by atoms with E-state index in [1.165, 1.54) is 45.3 Å². The Labute approximate surface area is 109 Å². The summed E-state index contributed by atoms with van der Waals surface area (Å²) in [5.41, 5.74) is 0. The second kappa shape index (κ2) is 4.31. The molecule has 3 heterocycles. The highest BCUT2D eigenvalue weighted by Crippen LogP contribution is 2.46. The fraction of sp³-hybridized carbons (Fsp3) is 0.933. The highest BCUT2D eigenvalue weighted by Gasteiger charge is 2.51. The molecule has 4 fully saturated rings. The number of fused-ring (bicyclic) bond motifs is 2. The van der Waals surface area contributed by atoms with E-state index in [4.69, 9.17) is 0 Å². The van der Waals surface area contributed by atoms with Crippen molar-refractivity contribution < 1.29 is 4.79 Å². The van der Waals surface area contributed by atoms with Crippen LogP contribution >= 0.6 is 0 Å². The van der Waals surface area contributed by atoms with Gasteiger partial charge >= 0.3 is 0 Å². The van der Waals surface area contributed by atoms with E-state index in [2.05, 4.69) is 10.2 Å². The summed E-state index contributed by atoms with van der Waals surface area (Å²) in [7, 11) is 0. The summed E-state index contributed by atoms with van der Waals surface area (Å²) in [5.74, 6) is 2.89. The van der Waals surface area contributed by atoms with Crippen molar-refractivity contribution in [2.45, 2.75) is 50.6 Å². The lowest BCUT2D eigenvalue weighted by Crippen LogP contribution is -2.65. The van der Waals surface area contributed by atoms with E-state index < -0.39 is 0 Å². The number of rotatable bonds is 0. The van der Waals surface area contributed by atoms with E-state index in [0.717, 1.165) is 30.7 Å². The number of hydrogen-bond donors (Lipinski definition) is 1. The number of carbonyl (C=O) groups is 1. The van der Waals surface area contributed by atoms with Gasteiger partial charge < -0.3 is 5.32 Å². The van der Waals surface area contributed by atoms with Gasteiger partial charge in [0.05, 0.1) is 6.04 Å². The molecule has 1 aliphatic carbocycles. The minimum Gasteiger partial charge on any atom is -0.314 e. The Bertz CT molecular complexity index is 354. The smallest absolute Gasteiger partial charge is 0.150 e. The van der Waals surface area contributed by atoms with Gasteiger partial charge in [-0.1, -0.05) is 6.42 Å². The second-order valence-corrected chi connectivity index (χ2v) is 6.79. The van der Waals surface area contributed by atoms with Crippen LogP contribution in [0.5, 0.6) is 0 Å². The third-order valence-corrected chi connectivity index (χ3v) is 5.94. The molecule has 0 aromatic heterocycles. The zero-order valence-electron chi connectivity index (χ0n) is 11.1. The third kappa shape index (κ3) is 1.60. The molecule has 5 atom stereocenters. The minimum absolute atomic E-state index is 0.294. The number of carbonyl (C=O) groups excluding carboxylic acids is 1. The second-order valence-electron chi connectivity index (χ2n) is 6.79. The highest BCUT2D eigenvalue weighted by atomic mass is 16.1. The van der Waals surface area contributed by atoms with Gasteiger partial charge in [0.2, 0.25) is 0 Å². The van der Waals surface area contributed by atoms with Gasteiger partial charge in [-0.25, -0.2) is 0 Å². The first kappa shape index (κ1) is 11.4. The summed E-state index contributed by atoms with van der Waals surface area (Å²) < 4.78 is 0. The summed E-state index contributed by atoms with van der Waals surface area (Å²) in [4.78, 5) is 14.9. The SMILES string of the molecule is O=C1CCCN2CC3CCNC4CCCC(C34)C12. The molecule has 18 heavy (non-hydrogen) atoms. The van der Waals surface area contributed by atoms with E-state index >= 15 is 0 Å². The lowest BCUT2D eigenvalue weighted by atomic mass is 9.60. The number of nitrogens with one attached hydrogen (secondary N) is 1. The Hall–Kier alpha value is -0.410. The first-order valence-electron chi connectivity index (χ1n) is 7.85. The highest BCUT2D eigenvalue weighted by molar-refractivity contribution is 5.85. The van der Waals surface area contributed by atoms with Gasteiger partial charge in [-0.2, -0.15) is 0 Å². The Kier molecular flexibility index (Phi) is 2.73. The molecule has 0 radical (unpaired) electrons. The molecular weight excluding hydrogens is 224 g/mol. The lowest BCUT2D eigenvalue weighted by Gasteiger charge is -2.57. The number of nitrogens with zero attached hydrogens (tertiary/aromatic N) is 1. The van der Waals surface area contributed by atoms with Crippen molar-refractivity contribution in [3.8, 4) is 0 Å². The molecule has 3 saturated heterocycles. The summed E-state index contributed by atoms with van der Waals surface area (Å²) >= 11 is 0. The van der Waals surface area contributed by atoms with E-state index in [0.29, 0.717) is 17.7 Å². The van der Waals surface area contributed by atoms with Crippen LogP contribution in [0.15, 0.2) is 0 Å². The van der Waals surface area contributed by atoms with Gasteiger partial charge in [-0.3, -0.25) is 9.69 Å². The summed E-state index contributed by atoms with van der Waals surface area (Å²) in [6, 6.07) is 1.02. The molecule has 0 aromatic carbocycles. The topological polar surface area (TPSA) is 32.3 Å². The van der Waals surface area contributed by atoms with E-state index in [-0.39, 0.29) is 0 Å². The zero-order valence-corrected chi connectivity index (χ0v) is 11.1. The predicted octanol–water partition coefficient (Wildman–Crippen LogP) is 1.43. The molecule has 1 N–H and O–H groups in total. The molecule has 3 aliphatic heterocycles. The maximum atomic E-state index is 12.3. The minimum atomic E-state index is 0.294. The molecule has 100 valence electrons. The average Bonchev–Trinajstić information content (AvgIpc) is 2.39. The average molecular weight is 248 g/mol. The van der Waals surface area contributed by atoms with Gasteiger partial charge in [0, 0.05) is 19.0 Å². The molecule has 0 amide bonds. The molecule has 0 spiro atoms. The van der Waals surface area contributed by atoms with E-state index in [1.807, 2.05) is 0 Å². The number of hydrogen-bond acceptors (Lipinski definition) is 3. The predicted molar refractivity (Wildman–Crippen MR) is 70.3 cm³/mol. The van der Waals surface area contributed by atoms with Crippen LogP contribution in [0.3, 0.4) is 0 Å². The Morgan fingerprint density at radius 2 is 2.11 bits per heavy atom. The number of Topliss-reactive ketones (excluding diaryl/α,β-unsaturated/α-hetero) is 1. The number of piperidine rings is 3. The van der Waals surface area contributed by atoms with Gasteiger partial charge in [0.15, 0.2) is 0 Å². The van der Waals surface area contributed by atoms with Gasteiger partial charge in [0.1, 0.15) is 5.78 Å². The Morgan fingerprint density at radius 1 is 1.17 bits per heavy atom. The van der Waals surface area contributed by atoms with Crippen LogP contribution in [-0.2, 0) is 4.79 Å². The largest absolute Gasteiger partial charge is 0.314 e. The Balaban J connectivity index is 1.67. The van der Waals surface area contributed by atoms with Crippen LogP contribution in [0.25, 0.3) is 0 Å². The van der Waals surface area contributed by atoms with Gasteiger partial charge in [-0.15, -0.1) is 0 Å². The van der Waals surface area contributed by atoms with Crippen molar-refractivity contribution in [2.75, 3.05) is 19.6 Å². The fourth-order valence-corrected chi connectivity index (χ4v) is 5.36. The van der Waals surface area contributed by atoms with Crippen molar-refractivity contribution in [3.63, 3.8) is 0 Å². The maximum absolute atomic E-state index is 12.3. The molecular formula is C15H24N2O. The van der Waals surface area contributed by atoms with Crippen molar-refractivity contribution in [1.29, 1.82) is 0 Å². The summed E-state index contributed by atoms with van der Waals surface area (Å²) in [6.45, 7) is 3.58. The standard InChI is InChI=1S/C15H24N2O/c18-13-5-2-8-17-9-10-6-7-16-12-4-1-3-11(14(10)12)15(13)17/h10-12,14-16H,1-9H2. The van der Waals surface area contributed by atoms with Gasteiger partial charge in [-0.05, 0) is 56.5 Å². The first-order chi connectivity index (χ1) is 8.84. The molecule has 0 bridgehead atoms. The van der Waals surface area contributed by atoms with Crippen LogP contribution in [0.2, 0.25) is 0 Å². The molecule has 5 unspecified atom stereocenters. The normalized spacial score (nSPS) is 48.4. The Morgan fingerprint density at radius 3 is 3.06 bits per heavy atom. The monoisotopic (exact) mass is 248 g/mol. The van der Waals surface area contributed by atoms with Crippen molar-refractivity contribution in [3.05, 3.63) is 0 Å². The summed E-state index contributed by atoms with van der Waals surface area (Å²) in [6.07, 6.45) is 7.23. The van der Waals surface area contributed by atoms with Crippen LogP contribution < -0.4 is 5.32 Å². The van der Waals surface area contributed by atoms with E-state index in [1.54, 1.807) is 0 Å². The molecule has 1 saturated carbocycles. The van der Waals surface area contributed by atoms with E-state index in [9.17, 15) is 4.79 Å². The third-order valence-electron chi connectivity index (χ3n) is 5.94. The fourth-order valence-electron chi connectivity index (χ4n) is 5.36. The van der Waals surface area contributed by atoms with Crippen molar-refractivity contribution in [2.24, 2.45) is 17.8 Å².